The van der Waals surface area contributed by atoms with E-state index in [-0.39, 0.29) is 12.4 Å². The van der Waals surface area contributed by atoms with Crippen LogP contribution in [0.1, 0.15) is 38.7 Å². The summed E-state index contributed by atoms with van der Waals surface area (Å²) in [6, 6.07) is 7.56. The Morgan fingerprint density at radius 1 is 0.944 bits per heavy atom. The zero-order valence-corrected chi connectivity index (χ0v) is 12.4. The van der Waals surface area contributed by atoms with E-state index in [0.717, 1.165) is 6.42 Å². The third-order valence-corrected chi connectivity index (χ3v) is 2.96. The van der Waals surface area contributed by atoms with Gasteiger partial charge in [-0.05, 0) is 63.0 Å². The second-order valence-corrected chi connectivity index (χ2v) is 4.61. The fraction of sp³-hybridized carbons (Fsp3) is 0.600. The number of halogens is 1. The molecule has 0 atom stereocenters. The largest absolute Gasteiger partial charge is 0.508 e. The van der Waals surface area contributed by atoms with E-state index >= 15 is 0 Å². The predicted molar refractivity (Wildman–Crippen MR) is 80.7 cm³/mol. The summed E-state index contributed by atoms with van der Waals surface area (Å²) in [6.45, 7) is 8.08. The van der Waals surface area contributed by atoms with Gasteiger partial charge >= 0.3 is 0 Å². The topological polar surface area (TPSA) is 23.5 Å². The Kier molecular flexibility index (Phi) is 9.80. The van der Waals surface area contributed by atoms with E-state index in [0.29, 0.717) is 5.75 Å². The molecule has 0 heterocycles. The van der Waals surface area contributed by atoms with Crippen LogP contribution in [0.4, 0.5) is 0 Å². The average Bonchev–Trinajstić information content (AvgIpc) is 2.32. The Hall–Kier alpha value is -0.730. The predicted octanol–water partition coefficient (Wildman–Crippen LogP) is 3.87. The van der Waals surface area contributed by atoms with Crippen molar-refractivity contribution >= 4 is 12.4 Å². The van der Waals surface area contributed by atoms with Crippen LogP contribution in [0.25, 0.3) is 0 Å². The zero-order chi connectivity index (χ0) is 12.5. The Bertz CT molecular complexity index is 294. The van der Waals surface area contributed by atoms with E-state index in [9.17, 15) is 5.11 Å². The first kappa shape index (κ1) is 17.3. The Morgan fingerprint density at radius 2 is 1.50 bits per heavy atom. The molecule has 1 N–H and O–H groups in total. The highest BCUT2D eigenvalue weighted by Gasteiger charge is 2.02. The maximum absolute atomic E-state index is 9.20. The number of hydrogen-bond donors (Lipinski definition) is 1. The van der Waals surface area contributed by atoms with Crippen molar-refractivity contribution in [2.24, 2.45) is 0 Å². The molecule has 0 spiro atoms. The lowest BCUT2D eigenvalue weighted by molar-refractivity contribution is 0.271. The van der Waals surface area contributed by atoms with Crippen LogP contribution in [0.5, 0.6) is 5.75 Å². The van der Waals surface area contributed by atoms with E-state index < -0.39 is 0 Å². The van der Waals surface area contributed by atoms with Crippen molar-refractivity contribution in [3.8, 4) is 5.75 Å². The number of aryl methyl sites for hydroxylation is 1. The Morgan fingerprint density at radius 3 is 2.00 bits per heavy atom. The van der Waals surface area contributed by atoms with Crippen molar-refractivity contribution in [2.75, 3.05) is 19.6 Å². The minimum Gasteiger partial charge on any atom is -0.508 e. The molecule has 0 aromatic heterocycles. The summed E-state index contributed by atoms with van der Waals surface area (Å²) in [4.78, 5) is 2.54. The lowest BCUT2D eigenvalue weighted by atomic mass is 10.1. The van der Waals surface area contributed by atoms with Gasteiger partial charge in [0.05, 0.1) is 0 Å². The van der Waals surface area contributed by atoms with Gasteiger partial charge < -0.3 is 10.0 Å². The van der Waals surface area contributed by atoms with Gasteiger partial charge in [-0.2, -0.15) is 0 Å². The summed E-state index contributed by atoms with van der Waals surface area (Å²) in [6.07, 6.45) is 4.77. The molecular formula is C15H26ClNO. The monoisotopic (exact) mass is 271 g/mol. The van der Waals surface area contributed by atoms with Gasteiger partial charge in [0.2, 0.25) is 0 Å². The van der Waals surface area contributed by atoms with Gasteiger partial charge in [0.25, 0.3) is 0 Å². The van der Waals surface area contributed by atoms with Crippen molar-refractivity contribution in [1.82, 2.24) is 4.90 Å². The summed E-state index contributed by atoms with van der Waals surface area (Å²) >= 11 is 0. The molecule has 0 unspecified atom stereocenters. The van der Waals surface area contributed by atoms with E-state index in [1.165, 1.54) is 44.5 Å². The molecule has 2 nitrogen and oxygen atoms in total. The van der Waals surface area contributed by atoms with Crippen LogP contribution < -0.4 is 0 Å². The van der Waals surface area contributed by atoms with E-state index in [4.69, 9.17) is 0 Å². The normalized spacial score (nSPS) is 10.4. The first-order valence-corrected chi connectivity index (χ1v) is 6.76. The first-order valence-electron chi connectivity index (χ1n) is 6.76. The van der Waals surface area contributed by atoms with Crippen LogP contribution in [0.3, 0.4) is 0 Å². The van der Waals surface area contributed by atoms with Crippen molar-refractivity contribution < 1.29 is 5.11 Å². The smallest absolute Gasteiger partial charge is 0.115 e. The van der Waals surface area contributed by atoms with Crippen LogP contribution >= 0.6 is 12.4 Å². The summed E-state index contributed by atoms with van der Waals surface area (Å²) in [7, 11) is 0. The standard InChI is InChI=1S/C15H25NO.ClH/c1-3-11-16(12-4-2)13-5-6-14-7-9-15(17)10-8-14;/h7-10,17H,3-6,11-13H2,1-2H3;1H. The van der Waals surface area contributed by atoms with E-state index in [1.54, 1.807) is 12.1 Å². The lowest BCUT2D eigenvalue weighted by Crippen LogP contribution is -2.26. The number of nitrogens with zero attached hydrogens (tertiary/aromatic N) is 1. The van der Waals surface area contributed by atoms with E-state index in [2.05, 4.69) is 18.7 Å². The number of hydrogen-bond acceptors (Lipinski definition) is 2. The third-order valence-electron chi connectivity index (χ3n) is 2.96. The number of phenolic OH excluding ortho intramolecular Hbond substituents is 1. The Balaban J connectivity index is 0.00000289. The molecule has 0 aliphatic rings. The molecule has 0 amide bonds. The molecule has 18 heavy (non-hydrogen) atoms. The summed E-state index contributed by atoms with van der Waals surface area (Å²) in [5.41, 5.74) is 1.32. The molecular weight excluding hydrogens is 246 g/mol. The van der Waals surface area contributed by atoms with Crippen LogP contribution in [-0.2, 0) is 6.42 Å². The number of phenols is 1. The summed E-state index contributed by atoms with van der Waals surface area (Å²) in [5, 5.41) is 9.20. The van der Waals surface area contributed by atoms with Gasteiger partial charge in [-0.3, -0.25) is 0 Å². The van der Waals surface area contributed by atoms with Crippen LogP contribution in [0.15, 0.2) is 24.3 Å². The molecule has 0 fully saturated rings. The van der Waals surface area contributed by atoms with Crippen LogP contribution in [-0.4, -0.2) is 29.6 Å². The second kappa shape index (κ2) is 10.2. The first-order chi connectivity index (χ1) is 8.26. The quantitative estimate of drug-likeness (QED) is 0.776. The molecule has 1 rings (SSSR count). The van der Waals surface area contributed by atoms with Crippen LogP contribution in [0, 0.1) is 0 Å². The maximum atomic E-state index is 9.20. The van der Waals surface area contributed by atoms with Gasteiger partial charge in [0, 0.05) is 0 Å². The van der Waals surface area contributed by atoms with Crippen molar-refractivity contribution in [3.05, 3.63) is 29.8 Å². The SMILES string of the molecule is CCCN(CCC)CCCc1ccc(O)cc1.Cl. The number of benzene rings is 1. The van der Waals surface area contributed by atoms with Gasteiger partial charge in [0.15, 0.2) is 0 Å². The van der Waals surface area contributed by atoms with Gasteiger partial charge in [-0.25, -0.2) is 0 Å². The minimum absolute atomic E-state index is 0. The molecule has 3 heteroatoms. The van der Waals surface area contributed by atoms with Gasteiger partial charge in [-0.15, -0.1) is 12.4 Å². The molecule has 104 valence electrons. The van der Waals surface area contributed by atoms with Crippen molar-refractivity contribution in [3.63, 3.8) is 0 Å². The zero-order valence-electron chi connectivity index (χ0n) is 11.6. The molecule has 0 saturated heterocycles. The lowest BCUT2D eigenvalue weighted by Gasteiger charge is -2.20. The molecule has 0 saturated carbocycles. The molecule has 0 bridgehead atoms. The Labute approximate surface area is 117 Å². The number of aromatic hydroxyl groups is 1. The highest BCUT2D eigenvalue weighted by Crippen LogP contribution is 2.11. The van der Waals surface area contributed by atoms with Crippen molar-refractivity contribution in [1.29, 1.82) is 0 Å². The highest BCUT2D eigenvalue weighted by molar-refractivity contribution is 5.85. The van der Waals surface area contributed by atoms with Gasteiger partial charge in [0.1, 0.15) is 5.75 Å². The van der Waals surface area contributed by atoms with E-state index in [1.807, 2.05) is 12.1 Å². The maximum Gasteiger partial charge on any atom is 0.115 e. The molecule has 0 aliphatic carbocycles. The molecule has 1 aromatic rings. The van der Waals surface area contributed by atoms with Crippen molar-refractivity contribution in [2.45, 2.75) is 39.5 Å². The molecule has 0 aliphatic heterocycles. The fourth-order valence-electron chi connectivity index (χ4n) is 2.14. The summed E-state index contributed by atoms with van der Waals surface area (Å²) in [5.74, 6) is 0.354. The fourth-order valence-corrected chi connectivity index (χ4v) is 2.14. The third kappa shape index (κ3) is 6.87. The van der Waals surface area contributed by atoms with Crippen LogP contribution in [0.2, 0.25) is 0 Å². The molecule has 0 radical (unpaired) electrons. The summed E-state index contributed by atoms with van der Waals surface area (Å²) < 4.78 is 0. The average molecular weight is 272 g/mol. The highest BCUT2D eigenvalue weighted by atomic mass is 35.5. The minimum atomic E-state index is 0. The second-order valence-electron chi connectivity index (χ2n) is 4.61. The number of rotatable bonds is 8. The molecule has 1 aromatic carbocycles. The van der Waals surface area contributed by atoms with Gasteiger partial charge in [-0.1, -0.05) is 26.0 Å².